The van der Waals surface area contributed by atoms with Crippen LogP contribution in [-0.2, 0) is 22.7 Å². The first-order valence-electron chi connectivity index (χ1n) is 10.7. The molecule has 35 heavy (non-hydrogen) atoms. The van der Waals surface area contributed by atoms with Gasteiger partial charge < -0.3 is 24.6 Å². The van der Waals surface area contributed by atoms with Crippen molar-refractivity contribution in [1.29, 1.82) is 0 Å². The summed E-state index contributed by atoms with van der Waals surface area (Å²) in [6.45, 7) is 0.951. The third-order valence-corrected chi connectivity index (χ3v) is 6.61. The number of thiophene rings is 1. The van der Waals surface area contributed by atoms with Crippen molar-refractivity contribution in [3.8, 4) is 10.6 Å². The molecule has 1 aliphatic heterocycles. The number of carbonyl (C=O) groups excluding carboxylic acids is 2. The highest BCUT2D eigenvalue weighted by Gasteiger charge is 2.20. The maximum absolute atomic E-state index is 12.8. The number of halogens is 1. The highest BCUT2D eigenvalue weighted by atomic mass is 35.5. The predicted octanol–water partition coefficient (Wildman–Crippen LogP) is 3.41. The zero-order valence-electron chi connectivity index (χ0n) is 18.3. The van der Waals surface area contributed by atoms with Crippen molar-refractivity contribution >= 4 is 46.1 Å². The Balaban J connectivity index is 1.27. The normalized spacial score (nSPS) is 13.9. The maximum Gasteiger partial charge on any atom is 0.276 e. The van der Waals surface area contributed by atoms with Crippen LogP contribution >= 0.6 is 22.9 Å². The van der Waals surface area contributed by atoms with Gasteiger partial charge >= 0.3 is 0 Å². The molecule has 12 heteroatoms. The molecule has 10 nitrogen and oxygen atoms in total. The average Bonchev–Trinajstić information content (AvgIpc) is 3.60. The zero-order valence-corrected chi connectivity index (χ0v) is 19.9. The second kappa shape index (κ2) is 10.0. The second-order valence-corrected chi connectivity index (χ2v) is 9.44. The first-order chi connectivity index (χ1) is 17.0. The maximum atomic E-state index is 12.8. The van der Waals surface area contributed by atoms with Crippen LogP contribution in [0.4, 0.5) is 11.4 Å². The minimum absolute atomic E-state index is 0.0619. The Morgan fingerprint density at radius 3 is 2.74 bits per heavy atom. The summed E-state index contributed by atoms with van der Waals surface area (Å²) in [4.78, 5) is 27.3. The Kier molecular flexibility index (Phi) is 6.64. The number of rotatable bonds is 7. The van der Waals surface area contributed by atoms with Crippen molar-refractivity contribution < 1.29 is 24.0 Å². The monoisotopic (exact) mass is 513 g/mol. The van der Waals surface area contributed by atoms with Gasteiger partial charge in [-0.3, -0.25) is 14.3 Å². The highest BCUT2D eigenvalue weighted by molar-refractivity contribution is 7.19. The molecular weight excluding hydrogens is 494 g/mol. The van der Waals surface area contributed by atoms with E-state index in [0.717, 1.165) is 10.6 Å². The predicted molar refractivity (Wildman–Crippen MR) is 130 cm³/mol. The number of benzene rings is 1. The number of aromatic nitrogens is 3. The van der Waals surface area contributed by atoms with Crippen LogP contribution in [0.1, 0.15) is 21.9 Å². The average molecular weight is 514 g/mol. The van der Waals surface area contributed by atoms with E-state index in [4.69, 9.17) is 20.9 Å². The van der Waals surface area contributed by atoms with Gasteiger partial charge in [-0.2, -0.15) is 5.10 Å². The number of nitrogens with zero attached hydrogens (tertiary/aromatic N) is 4. The molecule has 3 aromatic heterocycles. The lowest BCUT2D eigenvalue weighted by Crippen LogP contribution is -2.41. The van der Waals surface area contributed by atoms with Crippen molar-refractivity contribution in [2.45, 2.75) is 13.2 Å². The van der Waals surface area contributed by atoms with E-state index in [1.54, 1.807) is 41.3 Å². The van der Waals surface area contributed by atoms with Crippen LogP contribution in [-0.4, -0.2) is 51.6 Å². The molecule has 1 aromatic carbocycles. The number of nitrogens with one attached hydrogen (secondary N) is 1. The molecule has 0 saturated carbocycles. The molecule has 5 rings (SSSR count). The van der Waals surface area contributed by atoms with Gasteiger partial charge in [-0.15, -0.1) is 11.3 Å². The van der Waals surface area contributed by atoms with E-state index in [1.807, 2.05) is 6.07 Å². The lowest BCUT2D eigenvalue weighted by Gasteiger charge is -2.26. The largest absolute Gasteiger partial charge is 0.390 e. The molecule has 1 saturated heterocycles. The van der Waals surface area contributed by atoms with Gasteiger partial charge in [0.05, 0.1) is 34.7 Å². The summed E-state index contributed by atoms with van der Waals surface area (Å²) >= 11 is 7.36. The van der Waals surface area contributed by atoms with E-state index in [-0.39, 0.29) is 31.4 Å². The van der Waals surface area contributed by atoms with Crippen LogP contribution in [0.5, 0.6) is 0 Å². The Bertz CT molecular complexity index is 1360. The number of aliphatic hydroxyl groups is 1. The first-order valence-corrected chi connectivity index (χ1v) is 11.9. The highest BCUT2D eigenvalue weighted by Crippen LogP contribution is 2.31. The molecule has 180 valence electrons. The topological polar surface area (TPSA) is 123 Å². The van der Waals surface area contributed by atoms with Crippen LogP contribution in [0.2, 0.25) is 4.34 Å². The van der Waals surface area contributed by atoms with Crippen molar-refractivity contribution in [3.63, 3.8) is 0 Å². The fourth-order valence-electron chi connectivity index (χ4n) is 3.64. The van der Waals surface area contributed by atoms with Crippen LogP contribution < -0.4 is 10.2 Å². The molecule has 0 spiro atoms. The molecular formula is C23H20ClN5O5S. The van der Waals surface area contributed by atoms with Crippen LogP contribution in [0.25, 0.3) is 10.6 Å². The van der Waals surface area contributed by atoms with E-state index in [0.29, 0.717) is 40.3 Å². The lowest BCUT2D eigenvalue weighted by molar-refractivity contribution is -0.125. The van der Waals surface area contributed by atoms with Gasteiger partial charge in [0.2, 0.25) is 0 Å². The molecule has 4 aromatic rings. The standard InChI is InChI=1S/C23H20ClN5O5S/c24-21-6-5-20(35-21)19-9-15(27-34-19)11-29-17(12-30)10-18(26-29)23(32)25-14-1-3-16(4-2-14)28-7-8-33-13-22(28)31/h1-6,9-10,30H,7-8,11-13H2,(H,25,32). The van der Waals surface area contributed by atoms with Gasteiger partial charge in [0.1, 0.15) is 12.3 Å². The minimum Gasteiger partial charge on any atom is -0.390 e. The third-order valence-electron chi connectivity index (χ3n) is 5.37. The summed E-state index contributed by atoms with van der Waals surface area (Å²) in [6.07, 6.45) is 0. The number of hydrogen-bond acceptors (Lipinski definition) is 8. The molecule has 2 amide bonds. The van der Waals surface area contributed by atoms with E-state index in [2.05, 4.69) is 15.6 Å². The molecule has 0 atom stereocenters. The van der Waals surface area contributed by atoms with Crippen LogP contribution in [0.15, 0.2) is 53.1 Å². The van der Waals surface area contributed by atoms with Crippen LogP contribution in [0.3, 0.4) is 0 Å². The smallest absolute Gasteiger partial charge is 0.276 e. The van der Waals surface area contributed by atoms with Crippen molar-refractivity contribution in [1.82, 2.24) is 14.9 Å². The Morgan fingerprint density at radius 2 is 2.03 bits per heavy atom. The van der Waals surface area contributed by atoms with Gasteiger partial charge in [0.25, 0.3) is 11.8 Å². The number of aliphatic hydroxyl groups excluding tert-OH is 1. The molecule has 0 unspecified atom stereocenters. The summed E-state index contributed by atoms with van der Waals surface area (Å²) in [7, 11) is 0. The molecule has 1 aliphatic rings. The number of amides is 2. The number of morpholine rings is 1. The summed E-state index contributed by atoms with van der Waals surface area (Å²) in [5.41, 5.74) is 2.48. The molecule has 1 fully saturated rings. The second-order valence-electron chi connectivity index (χ2n) is 7.72. The van der Waals surface area contributed by atoms with Gasteiger partial charge in [-0.25, -0.2) is 0 Å². The summed E-state index contributed by atoms with van der Waals surface area (Å²) in [5, 5.41) is 20.9. The van der Waals surface area contributed by atoms with E-state index >= 15 is 0 Å². The van der Waals surface area contributed by atoms with Crippen molar-refractivity contribution in [2.75, 3.05) is 30.0 Å². The molecule has 0 bridgehead atoms. The Morgan fingerprint density at radius 1 is 1.20 bits per heavy atom. The van der Waals surface area contributed by atoms with Crippen molar-refractivity contribution in [3.05, 3.63) is 69.9 Å². The van der Waals surface area contributed by atoms with Gasteiger partial charge in [-0.1, -0.05) is 16.8 Å². The lowest BCUT2D eigenvalue weighted by atomic mass is 10.2. The Hall–Kier alpha value is -3.51. The molecule has 0 aliphatic carbocycles. The molecule has 4 heterocycles. The van der Waals surface area contributed by atoms with Gasteiger partial charge in [0.15, 0.2) is 11.5 Å². The number of hydrogen-bond donors (Lipinski definition) is 2. The fraction of sp³-hybridized carbons (Fsp3) is 0.217. The molecule has 2 N–H and O–H groups in total. The van der Waals surface area contributed by atoms with E-state index in [1.165, 1.54) is 22.1 Å². The van der Waals surface area contributed by atoms with E-state index in [9.17, 15) is 14.7 Å². The summed E-state index contributed by atoms with van der Waals surface area (Å²) in [6, 6.07) is 13.9. The quantitative estimate of drug-likeness (QED) is 0.388. The molecule has 0 radical (unpaired) electrons. The number of ether oxygens (including phenoxy) is 1. The van der Waals surface area contributed by atoms with Crippen LogP contribution in [0, 0.1) is 0 Å². The minimum atomic E-state index is -0.428. The first kappa shape index (κ1) is 23.2. The fourth-order valence-corrected chi connectivity index (χ4v) is 4.64. The van der Waals surface area contributed by atoms with Crippen molar-refractivity contribution in [2.24, 2.45) is 0 Å². The SMILES string of the molecule is O=C(Nc1ccc(N2CCOCC2=O)cc1)c1cc(CO)n(Cc2cc(-c3ccc(Cl)s3)on2)n1. The van der Waals surface area contributed by atoms with Gasteiger partial charge in [-0.05, 0) is 42.5 Å². The van der Waals surface area contributed by atoms with Gasteiger partial charge in [0, 0.05) is 24.0 Å². The summed E-state index contributed by atoms with van der Waals surface area (Å²) < 4.78 is 12.7. The van der Waals surface area contributed by atoms with E-state index < -0.39 is 5.91 Å². The zero-order chi connectivity index (χ0) is 24.4. The number of carbonyl (C=O) groups is 2. The Labute approximate surface area is 208 Å². The summed E-state index contributed by atoms with van der Waals surface area (Å²) in [5.74, 6) is 0.0473. The number of anilines is 2. The third kappa shape index (κ3) is 5.13.